The van der Waals surface area contributed by atoms with Crippen molar-refractivity contribution in [1.82, 2.24) is 4.90 Å². The van der Waals surface area contributed by atoms with E-state index < -0.39 is 0 Å². The van der Waals surface area contributed by atoms with E-state index in [0.717, 1.165) is 63.2 Å². The van der Waals surface area contributed by atoms with Gasteiger partial charge in [-0.25, -0.2) is 0 Å². The van der Waals surface area contributed by atoms with Crippen LogP contribution in [-0.4, -0.2) is 42.9 Å². The first-order chi connectivity index (χ1) is 11.7. The molecule has 0 atom stereocenters. The van der Waals surface area contributed by atoms with Crippen molar-refractivity contribution in [2.24, 2.45) is 5.92 Å². The van der Waals surface area contributed by atoms with Crippen LogP contribution in [0, 0.1) is 5.92 Å². The number of anilines is 2. The fraction of sp³-hybridized carbons (Fsp3) is 0.579. The first-order valence-corrected chi connectivity index (χ1v) is 9.11. The number of hydrogen-bond donors (Lipinski definition) is 1. The minimum atomic E-state index is 0.141. The molecule has 3 rings (SSSR count). The number of carbonyl (C=O) groups is 2. The summed E-state index contributed by atoms with van der Waals surface area (Å²) in [7, 11) is 0. The number of benzene rings is 1. The van der Waals surface area contributed by atoms with Crippen LogP contribution in [0.25, 0.3) is 0 Å². The Bertz CT molecular complexity index is 573. The molecule has 1 aromatic rings. The number of unbranched alkanes of at least 4 members (excludes halogenated alkanes) is 1. The maximum Gasteiger partial charge on any atom is 0.227 e. The molecule has 1 N–H and O–H groups in total. The quantitative estimate of drug-likeness (QED) is 0.873. The van der Waals surface area contributed by atoms with Gasteiger partial charge in [0.1, 0.15) is 0 Å². The first-order valence-electron chi connectivity index (χ1n) is 9.11. The molecular formula is C19H27N3O2. The smallest absolute Gasteiger partial charge is 0.227 e. The Morgan fingerprint density at radius 1 is 1.08 bits per heavy atom. The van der Waals surface area contributed by atoms with Crippen LogP contribution >= 0.6 is 0 Å². The lowest BCUT2D eigenvalue weighted by Crippen LogP contribution is -2.48. The third kappa shape index (κ3) is 4.28. The van der Waals surface area contributed by atoms with Crippen molar-refractivity contribution >= 4 is 23.2 Å². The van der Waals surface area contributed by atoms with E-state index in [4.69, 9.17) is 0 Å². The second kappa shape index (κ2) is 7.69. The highest BCUT2D eigenvalue weighted by atomic mass is 16.2. The lowest BCUT2D eigenvalue weighted by Gasteiger charge is -2.36. The van der Waals surface area contributed by atoms with Gasteiger partial charge < -0.3 is 15.1 Å². The molecule has 2 fully saturated rings. The van der Waals surface area contributed by atoms with E-state index >= 15 is 0 Å². The molecule has 0 radical (unpaired) electrons. The zero-order valence-corrected chi connectivity index (χ0v) is 14.5. The number of carbonyl (C=O) groups excluding carboxylic acids is 2. The van der Waals surface area contributed by atoms with E-state index in [0.29, 0.717) is 6.42 Å². The number of piperazine rings is 1. The molecule has 1 aliphatic carbocycles. The molecule has 2 amide bonds. The molecule has 1 saturated heterocycles. The molecule has 5 nitrogen and oxygen atoms in total. The van der Waals surface area contributed by atoms with Gasteiger partial charge in [-0.1, -0.05) is 13.3 Å². The zero-order chi connectivity index (χ0) is 16.9. The number of nitrogens with zero attached hydrogens (tertiary/aromatic N) is 2. The van der Waals surface area contributed by atoms with Crippen molar-refractivity contribution in [3.8, 4) is 0 Å². The number of nitrogens with one attached hydrogen (secondary N) is 1. The topological polar surface area (TPSA) is 52.7 Å². The van der Waals surface area contributed by atoms with Gasteiger partial charge >= 0.3 is 0 Å². The van der Waals surface area contributed by atoms with E-state index in [9.17, 15) is 9.59 Å². The lowest BCUT2D eigenvalue weighted by atomic mass is 10.2. The Morgan fingerprint density at radius 3 is 2.33 bits per heavy atom. The summed E-state index contributed by atoms with van der Waals surface area (Å²) in [5.41, 5.74) is 2.02. The van der Waals surface area contributed by atoms with E-state index in [1.807, 2.05) is 17.0 Å². The Morgan fingerprint density at radius 2 is 1.75 bits per heavy atom. The van der Waals surface area contributed by atoms with Gasteiger partial charge in [-0.2, -0.15) is 0 Å². The number of amides is 2. The SMILES string of the molecule is CCCCC(=O)N1CCN(c2ccc(NC(=O)C3CC3)cc2)CC1. The van der Waals surface area contributed by atoms with E-state index in [1.54, 1.807) is 0 Å². The Kier molecular flexibility index (Phi) is 5.38. The summed E-state index contributed by atoms with van der Waals surface area (Å²) in [6.07, 6.45) is 4.75. The van der Waals surface area contributed by atoms with Crippen LogP contribution in [0.1, 0.15) is 39.0 Å². The minimum absolute atomic E-state index is 0.141. The molecule has 2 aliphatic rings. The van der Waals surface area contributed by atoms with Crippen molar-refractivity contribution in [3.63, 3.8) is 0 Å². The first kappa shape index (κ1) is 16.8. The maximum absolute atomic E-state index is 12.1. The van der Waals surface area contributed by atoms with Crippen LogP contribution in [0.5, 0.6) is 0 Å². The molecule has 5 heteroatoms. The van der Waals surface area contributed by atoms with Gasteiger partial charge in [0.15, 0.2) is 0 Å². The van der Waals surface area contributed by atoms with Crippen LogP contribution in [0.2, 0.25) is 0 Å². The summed E-state index contributed by atoms with van der Waals surface area (Å²) in [6, 6.07) is 8.04. The highest BCUT2D eigenvalue weighted by molar-refractivity contribution is 5.94. The van der Waals surface area contributed by atoms with Crippen LogP contribution in [0.3, 0.4) is 0 Å². The van der Waals surface area contributed by atoms with Gasteiger partial charge in [0.25, 0.3) is 0 Å². The monoisotopic (exact) mass is 329 g/mol. The zero-order valence-electron chi connectivity index (χ0n) is 14.5. The molecule has 130 valence electrons. The largest absolute Gasteiger partial charge is 0.368 e. The molecule has 1 aliphatic heterocycles. The maximum atomic E-state index is 12.1. The lowest BCUT2D eigenvalue weighted by molar-refractivity contribution is -0.131. The Labute approximate surface area is 144 Å². The fourth-order valence-electron chi connectivity index (χ4n) is 3.05. The standard InChI is InChI=1S/C19H27N3O2/c1-2-3-4-18(23)22-13-11-21(12-14-22)17-9-7-16(8-10-17)20-19(24)15-5-6-15/h7-10,15H,2-6,11-14H2,1H3,(H,20,24). The average molecular weight is 329 g/mol. The summed E-state index contributed by atoms with van der Waals surface area (Å²) in [5.74, 6) is 0.652. The van der Waals surface area contributed by atoms with Crippen LogP contribution < -0.4 is 10.2 Å². The highest BCUT2D eigenvalue weighted by Gasteiger charge is 2.29. The van der Waals surface area contributed by atoms with Crippen LogP contribution in [0.15, 0.2) is 24.3 Å². The Hall–Kier alpha value is -2.04. The molecular weight excluding hydrogens is 302 g/mol. The highest BCUT2D eigenvalue weighted by Crippen LogP contribution is 2.30. The normalized spacial score (nSPS) is 17.7. The fourth-order valence-corrected chi connectivity index (χ4v) is 3.05. The van der Waals surface area contributed by atoms with Crippen molar-refractivity contribution in [3.05, 3.63) is 24.3 Å². The van der Waals surface area contributed by atoms with Crippen molar-refractivity contribution < 1.29 is 9.59 Å². The predicted molar refractivity (Wildman–Crippen MR) is 96.1 cm³/mol. The van der Waals surface area contributed by atoms with Crippen molar-refractivity contribution in [2.45, 2.75) is 39.0 Å². The molecule has 1 aromatic carbocycles. The van der Waals surface area contributed by atoms with Crippen molar-refractivity contribution in [1.29, 1.82) is 0 Å². The minimum Gasteiger partial charge on any atom is -0.368 e. The number of rotatable bonds is 6. The Balaban J connectivity index is 1.49. The van der Waals surface area contributed by atoms with E-state index in [1.165, 1.54) is 0 Å². The second-order valence-electron chi connectivity index (χ2n) is 6.78. The third-order valence-corrected chi connectivity index (χ3v) is 4.82. The predicted octanol–water partition coefficient (Wildman–Crippen LogP) is 2.87. The molecule has 1 saturated carbocycles. The van der Waals surface area contributed by atoms with Gasteiger partial charge in [-0.05, 0) is 43.5 Å². The summed E-state index contributed by atoms with van der Waals surface area (Å²) in [4.78, 5) is 28.1. The van der Waals surface area contributed by atoms with Crippen LogP contribution in [-0.2, 0) is 9.59 Å². The van der Waals surface area contributed by atoms with E-state index in [2.05, 4.69) is 29.3 Å². The number of hydrogen-bond acceptors (Lipinski definition) is 3. The van der Waals surface area contributed by atoms with Gasteiger partial charge in [0, 0.05) is 49.9 Å². The van der Waals surface area contributed by atoms with E-state index in [-0.39, 0.29) is 17.7 Å². The van der Waals surface area contributed by atoms with Crippen LogP contribution in [0.4, 0.5) is 11.4 Å². The molecule has 24 heavy (non-hydrogen) atoms. The molecule has 0 aromatic heterocycles. The van der Waals surface area contributed by atoms with Gasteiger partial charge in [-0.15, -0.1) is 0 Å². The molecule has 0 unspecified atom stereocenters. The average Bonchev–Trinajstić information content (AvgIpc) is 3.46. The molecule has 1 heterocycles. The summed E-state index contributed by atoms with van der Waals surface area (Å²) < 4.78 is 0. The van der Waals surface area contributed by atoms with Gasteiger partial charge in [-0.3, -0.25) is 9.59 Å². The third-order valence-electron chi connectivity index (χ3n) is 4.82. The van der Waals surface area contributed by atoms with Crippen molar-refractivity contribution in [2.75, 3.05) is 36.4 Å². The summed E-state index contributed by atoms with van der Waals surface area (Å²) >= 11 is 0. The molecule has 0 spiro atoms. The van der Waals surface area contributed by atoms with Gasteiger partial charge in [0.05, 0.1) is 0 Å². The second-order valence-corrected chi connectivity index (χ2v) is 6.78. The molecule has 0 bridgehead atoms. The summed E-state index contributed by atoms with van der Waals surface area (Å²) in [6.45, 7) is 5.44. The van der Waals surface area contributed by atoms with Gasteiger partial charge in [0.2, 0.25) is 11.8 Å². The summed E-state index contributed by atoms with van der Waals surface area (Å²) in [5, 5.41) is 2.97.